The molecule has 1 amide bonds. The maximum absolute atomic E-state index is 13.1. The van der Waals surface area contributed by atoms with Crippen LogP contribution in [0.2, 0.25) is 0 Å². The van der Waals surface area contributed by atoms with Gasteiger partial charge in [0.2, 0.25) is 0 Å². The molecule has 1 aliphatic heterocycles. The minimum absolute atomic E-state index is 0.168. The average molecular weight is 368 g/mol. The highest BCUT2D eigenvalue weighted by Gasteiger charge is 2.63. The van der Waals surface area contributed by atoms with Crippen molar-refractivity contribution in [3.05, 3.63) is 70.1 Å². The first kappa shape index (κ1) is 17.5. The number of hydrogen-bond acceptors (Lipinski definition) is 5. The van der Waals surface area contributed by atoms with E-state index in [0.29, 0.717) is 12.8 Å². The summed E-state index contributed by atoms with van der Waals surface area (Å²) < 4.78 is 12.7. The van der Waals surface area contributed by atoms with Gasteiger partial charge in [-0.25, -0.2) is 9.47 Å². The van der Waals surface area contributed by atoms with Crippen molar-refractivity contribution in [2.24, 2.45) is 5.41 Å². The zero-order valence-corrected chi connectivity index (χ0v) is 15.0. The molecule has 1 aromatic carbocycles. The van der Waals surface area contributed by atoms with E-state index in [2.05, 4.69) is 0 Å². The summed E-state index contributed by atoms with van der Waals surface area (Å²) in [5, 5.41) is 1.32. The summed E-state index contributed by atoms with van der Waals surface area (Å²) in [5.74, 6) is -0.168. The van der Waals surface area contributed by atoms with E-state index in [0.717, 1.165) is 5.56 Å². The van der Waals surface area contributed by atoms with E-state index in [-0.39, 0.29) is 30.1 Å². The number of rotatable bonds is 4. The minimum Gasteiger partial charge on any atom is -0.448 e. The second kappa shape index (κ2) is 6.66. The van der Waals surface area contributed by atoms with Crippen molar-refractivity contribution >= 4 is 11.9 Å². The molecule has 4 rings (SSSR count). The molecule has 0 bridgehead atoms. The summed E-state index contributed by atoms with van der Waals surface area (Å²) in [6.45, 7) is 2.16. The van der Waals surface area contributed by atoms with Crippen molar-refractivity contribution in [2.45, 2.75) is 32.6 Å². The molecule has 7 nitrogen and oxygen atoms in total. The monoisotopic (exact) mass is 368 g/mol. The number of hydrogen-bond donors (Lipinski definition) is 0. The zero-order chi connectivity index (χ0) is 19.0. The van der Waals surface area contributed by atoms with Crippen LogP contribution in [-0.2, 0) is 16.1 Å². The van der Waals surface area contributed by atoms with Crippen LogP contribution in [0.15, 0.2) is 53.5 Å². The van der Waals surface area contributed by atoms with Gasteiger partial charge >= 0.3 is 6.09 Å². The number of ether oxygens (including phenoxy) is 2. The van der Waals surface area contributed by atoms with Crippen LogP contribution in [0.3, 0.4) is 0 Å². The van der Waals surface area contributed by atoms with Gasteiger partial charge in [0.25, 0.3) is 0 Å². The van der Waals surface area contributed by atoms with Gasteiger partial charge in [0.1, 0.15) is 5.69 Å². The Morgan fingerprint density at radius 1 is 1.19 bits per heavy atom. The van der Waals surface area contributed by atoms with Crippen molar-refractivity contribution in [1.82, 2.24) is 4.68 Å². The van der Waals surface area contributed by atoms with Crippen molar-refractivity contribution < 1.29 is 19.1 Å². The van der Waals surface area contributed by atoms with E-state index in [1.54, 1.807) is 6.92 Å². The van der Waals surface area contributed by atoms with Gasteiger partial charge in [-0.3, -0.25) is 9.59 Å². The number of ketones is 1. The highest BCUT2D eigenvalue weighted by atomic mass is 16.6. The van der Waals surface area contributed by atoms with E-state index in [1.807, 2.05) is 30.3 Å². The van der Waals surface area contributed by atoms with Gasteiger partial charge in [-0.05, 0) is 25.3 Å². The Bertz CT molecular complexity index is 933. The number of carbonyl (C=O) groups excluding carboxylic acids is 2. The molecule has 0 radical (unpaired) electrons. The summed E-state index contributed by atoms with van der Waals surface area (Å²) in [4.78, 5) is 37.6. The van der Waals surface area contributed by atoms with Crippen molar-refractivity contribution in [3.63, 3.8) is 0 Å². The minimum atomic E-state index is -0.824. The van der Waals surface area contributed by atoms with Crippen LogP contribution in [0.4, 0.5) is 4.79 Å². The third kappa shape index (κ3) is 2.94. The normalized spacial score (nSPS) is 19.7. The fourth-order valence-corrected chi connectivity index (χ4v) is 3.51. The molecule has 1 aromatic heterocycles. The number of benzene rings is 1. The molecule has 2 heterocycles. The van der Waals surface area contributed by atoms with E-state index < -0.39 is 17.7 Å². The van der Waals surface area contributed by atoms with Gasteiger partial charge in [-0.15, -0.1) is 0 Å². The van der Waals surface area contributed by atoms with Crippen molar-refractivity contribution in [2.75, 3.05) is 11.6 Å². The molecule has 1 unspecified atom stereocenters. The lowest BCUT2D eigenvalue weighted by Crippen LogP contribution is -2.60. The third-order valence-corrected chi connectivity index (χ3v) is 5.01. The predicted octanol–water partition coefficient (Wildman–Crippen LogP) is 2.46. The standard InChI is InChI=1S/C20H20N2O5/c1-2-26-19(25)22-18(27-13-14-6-4-3-5-7-14)20(9-10-20)17(24)16-12-15(23)8-11-21(16)22/h3-8,11-12,18H,2,9-10,13H2,1H3. The molecular formula is C20H20N2O5. The topological polar surface area (TPSA) is 77.8 Å². The molecule has 27 heavy (non-hydrogen) atoms. The predicted molar refractivity (Wildman–Crippen MR) is 97.0 cm³/mol. The highest BCUT2D eigenvalue weighted by Crippen LogP contribution is 2.54. The second-order valence-electron chi connectivity index (χ2n) is 6.77. The Hall–Kier alpha value is -2.93. The molecule has 1 fully saturated rings. The van der Waals surface area contributed by atoms with E-state index in [9.17, 15) is 14.4 Å². The fraction of sp³-hybridized carbons (Fsp3) is 0.350. The largest absolute Gasteiger partial charge is 0.448 e. The van der Waals surface area contributed by atoms with Crippen LogP contribution in [-0.4, -0.2) is 29.4 Å². The van der Waals surface area contributed by atoms with E-state index >= 15 is 0 Å². The van der Waals surface area contributed by atoms with Gasteiger partial charge in [-0.1, -0.05) is 30.3 Å². The first-order valence-corrected chi connectivity index (χ1v) is 8.96. The summed E-state index contributed by atoms with van der Waals surface area (Å²) >= 11 is 0. The summed E-state index contributed by atoms with van der Waals surface area (Å²) in [6.07, 6.45) is 1.22. The highest BCUT2D eigenvalue weighted by molar-refractivity contribution is 6.04. The molecule has 1 spiro atoms. The van der Waals surface area contributed by atoms with E-state index in [1.165, 1.54) is 28.0 Å². The smallest absolute Gasteiger partial charge is 0.431 e. The maximum atomic E-state index is 13.1. The van der Waals surface area contributed by atoms with Crippen molar-refractivity contribution in [3.8, 4) is 0 Å². The Morgan fingerprint density at radius 2 is 1.93 bits per heavy atom. The Kier molecular flexibility index (Phi) is 4.31. The molecule has 7 heteroatoms. The summed E-state index contributed by atoms with van der Waals surface area (Å²) in [6, 6.07) is 12.1. The lowest BCUT2D eigenvalue weighted by molar-refractivity contribution is -0.0249. The van der Waals surface area contributed by atoms with Crippen LogP contribution in [0, 0.1) is 5.41 Å². The van der Waals surface area contributed by atoms with Crippen LogP contribution in [0.5, 0.6) is 0 Å². The van der Waals surface area contributed by atoms with E-state index in [4.69, 9.17) is 9.47 Å². The van der Waals surface area contributed by atoms with Gasteiger partial charge in [0.05, 0.1) is 18.6 Å². The number of pyridine rings is 1. The maximum Gasteiger partial charge on any atom is 0.431 e. The number of carbonyl (C=O) groups is 2. The molecule has 1 aliphatic carbocycles. The van der Waals surface area contributed by atoms with Gasteiger partial charge in [-0.2, -0.15) is 5.01 Å². The molecular weight excluding hydrogens is 348 g/mol. The number of nitrogens with zero attached hydrogens (tertiary/aromatic N) is 2. The zero-order valence-electron chi connectivity index (χ0n) is 15.0. The number of fused-ring (bicyclic) bond motifs is 1. The van der Waals surface area contributed by atoms with Crippen molar-refractivity contribution in [1.29, 1.82) is 0 Å². The molecule has 0 saturated heterocycles. The van der Waals surface area contributed by atoms with Gasteiger partial charge < -0.3 is 9.47 Å². The van der Waals surface area contributed by atoms with Crippen LogP contribution in [0.1, 0.15) is 35.8 Å². The lowest BCUT2D eigenvalue weighted by Gasteiger charge is -2.41. The van der Waals surface area contributed by atoms with Gasteiger partial charge in [0, 0.05) is 18.3 Å². The average Bonchev–Trinajstić information content (AvgIpc) is 3.46. The summed E-state index contributed by atoms with van der Waals surface area (Å²) in [7, 11) is 0. The molecule has 0 N–H and O–H groups in total. The SMILES string of the molecule is CCOC(=O)N1C(OCc2ccccc2)C2(CC2)C(=O)c2cc(=O)ccn21. The van der Waals surface area contributed by atoms with Crippen LogP contribution < -0.4 is 10.4 Å². The van der Waals surface area contributed by atoms with Crippen LogP contribution in [0.25, 0.3) is 0 Å². The molecule has 2 aliphatic rings. The number of amides is 1. The lowest BCUT2D eigenvalue weighted by atomic mass is 9.93. The number of Topliss-reactive ketones (excluding diaryl/α,β-unsaturated/α-hetero) is 1. The third-order valence-electron chi connectivity index (χ3n) is 5.01. The molecule has 1 atom stereocenters. The quantitative estimate of drug-likeness (QED) is 0.828. The van der Waals surface area contributed by atoms with Gasteiger partial charge in [0.15, 0.2) is 17.4 Å². The Balaban J connectivity index is 1.74. The Morgan fingerprint density at radius 3 is 2.59 bits per heavy atom. The van der Waals surface area contributed by atoms with Crippen LogP contribution >= 0.6 is 0 Å². The molecule has 1 saturated carbocycles. The second-order valence-corrected chi connectivity index (χ2v) is 6.77. The first-order chi connectivity index (χ1) is 13.1. The molecule has 2 aromatic rings. The number of aromatic nitrogens is 1. The summed E-state index contributed by atoms with van der Waals surface area (Å²) in [5.41, 5.74) is 0.0238. The Labute approximate surface area is 156 Å². The molecule has 140 valence electrons. The first-order valence-electron chi connectivity index (χ1n) is 8.96. The fourth-order valence-electron chi connectivity index (χ4n) is 3.51.